The van der Waals surface area contributed by atoms with Gasteiger partial charge >= 0.3 is 0 Å². The van der Waals surface area contributed by atoms with Crippen LogP contribution in [0.4, 0.5) is 5.69 Å². The first-order valence-electron chi connectivity index (χ1n) is 8.21. The molecule has 140 valence electrons. The minimum absolute atomic E-state index is 0.159. The van der Waals surface area contributed by atoms with Gasteiger partial charge in [-0.05, 0) is 36.8 Å². The third kappa shape index (κ3) is 4.35. The molecule has 3 rings (SSSR count). The molecule has 0 fully saturated rings. The maximum atomic E-state index is 12.3. The van der Waals surface area contributed by atoms with E-state index in [1.807, 2.05) is 25.1 Å². The van der Waals surface area contributed by atoms with Crippen LogP contribution < -0.4 is 19.5 Å². The predicted molar refractivity (Wildman–Crippen MR) is 99.8 cm³/mol. The van der Waals surface area contributed by atoms with E-state index in [9.17, 15) is 4.79 Å². The Bertz CT molecular complexity index is 925. The van der Waals surface area contributed by atoms with Crippen molar-refractivity contribution in [3.8, 4) is 22.9 Å². The standard InChI is InChI=1S/C19H20N4O4/c1-13-4-7-17(16(8-13)23-11-20-21-12-23)27-10-19(24)22-15-6-5-14(25-2)9-18(15)26-3/h4-9,11-12H,10H2,1-3H3,(H,22,24). The number of rotatable bonds is 7. The first kappa shape index (κ1) is 18.2. The van der Waals surface area contributed by atoms with Gasteiger partial charge in [0.15, 0.2) is 6.61 Å². The number of methoxy groups -OCH3 is 2. The third-order valence-corrected chi connectivity index (χ3v) is 3.85. The van der Waals surface area contributed by atoms with Gasteiger partial charge in [0.1, 0.15) is 29.9 Å². The molecule has 0 atom stereocenters. The van der Waals surface area contributed by atoms with Gasteiger partial charge in [0.2, 0.25) is 0 Å². The Balaban J connectivity index is 1.70. The quantitative estimate of drug-likeness (QED) is 0.690. The fraction of sp³-hybridized carbons (Fsp3) is 0.211. The summed E-state index contributed by atoms with van der Waals surface area (Å²) in [6, 6.07) is 10.8. The Morgan fingerprint density at radius 3 is 2.52 bits per heavy atom. The summed E-state index contributed by atoms with van der Waals surface area (Å²) >= 11 is 0. The molecule has 0 saturated carbocycles. The maximum absolute atomic E-state index is 12.3. The molecule has 8 heteroatoms. The average Bonchev–Trinajstić information content (AvgIpc) is 3.22. The molecule has 0 aliphatic heterocycles. The summed E-state index contributed by atoms with van der Waals surface area (Å²) in [5.74, 6) is 1.38. The Morgan fingerprint density at radius 1 is 1.04 bits per heavy atom. The molecule has 0 bridgehead atoms. The number of aryl methyl sites for hydroxylation is 1. The second-order valence-electron chi connectivity index (χ2n) is 5.74. The lowest BCUT2D eigenvalue weighted by molar-refractivity contribution is -0.118. The molecule has 0 spiro atoms. The van der Waals surface area contributed by atoms with Crippen LogP contribution >= 0.6 is 0 Å². The molecular weight excluding hydrogens is 348 g/mol. The van der Waals surface area contributed by atoms with E-state index in [0.717, 1.165) is 11.3 Å². The van der Waals surface area contributed by atoms with Gasteiger partial charge in [0.25, 0.3) is 5.91 Å². The maximum Gasteiger partial charge on any atom is 0.262 e. The average molecular weight is 368 g/mol. The first-order chi connectivity index (χ1) is 13.1. The van der Waals surface area contributed by atoms with Crippen molar-refractivity contribution >= 4 is 11.6 Å². The first-order valence-corrected chi connectivity index (χ1v) is 8.21. The topological polar surface area (TPSA) is 87.5 Å². The number of anilines is 1. The normalized spacial score (nSPS) is 10.3. The number of aromatic nitrogens is 3. The highest BCUT2D eigenvalue weighted by atomic mass is 16.5. The summed E-state index contributed by atoms with van der Waals surface area (Å²) in [5, 5.41) is 10.4. The fourth-order valence-corrected chi connectivity index (χ4v) is 2.51. The molecule has 0 aliphatic carbocycles. The zero-order valence-electron chi connectivity index (χ0n) is 15.3. The van der Waals surface area contributed by atoms with Crippen LogP contribution in [-0.2, 0) is 4.79 Å². The molecule has 0 aliphatic rings. The van der Waals surface area contributed by atoms with Crippen LogP contribution in [0.2, 0.25) is 0 Å². The number of hydrogen-bond acceptors (Lipinski definition) is 6. The van der Waals surface area contributed by atoms with Gasteiger partial charge in [-0.3, -0.25) is 9.36 Å². The van der Waals surface area contributed by atoms with Crippen LogP contribution in [0.1, 0.15) is 5.56 Å². The van der Waals surface area contributed by atoms with Gasteiger partial charge in [-0.2, -0.15) is 0 Å². The third-order valence-electron chi connectivity index (χ3n) is 3.85. The zero-order chi connectivity index (χ0) is 19.2. The molecule has 1 N–H and O–H groups in total. The lowest BCUT2D eigenvalue weighted by Gasteiger charge is -2.14. The van der Waals surface area contributed by atoms with E-state index >= 15 is 0 Å². The molecule has 0 unspecified atom stereocenters. The van der Waals surface area contributed by atoms with Crippen molar-refractivity contribution in [2.75, 3.05) is 26.1 Å². The van der Waals surface area contributed by atoms with Gasteiger partial charge < -0.3 is 19.5 Å². The van der Waals surface area contributed by atoms with Crippen molar-refractivity contribution in [2.24, 2.45) is 0 Å². The highest BCUT2D eigenvalue weighted by molar-refractivity contribution is 5.93. The van der Waals surface area contributed by atoms with Crippen LogP contribution in [0.15, 0.2) is 49.1 Å². The highest BCUT2D eigenvalue weighted by Crippen LogP contribution is 2.29. The minimum Gasteiger partial charge on any atom is -0.497 e. The van der Waals surface area contributed by atoms with E-state index < -0.39 is 0 Å². The van der Waals surface area contributed by atoms with Crippen LogP contribution in [0.25, 0.3) is 5.69 Å². The van der Waals surface area contributed by atoms with E-state index in [-0.39, 0.29) is 12.5 Å². The number of carbonyl (C=O) groups is 1. The summed E-state index contributed by atoms with van der Waals surface area (Å²) in [7, 11) is 3.09. The Hall–Kier alpha value is -3.55. The second-order valence-corrected chi connectivity index (χ2v) is 5.74. The van der Waals surface area contributed by atoms with Crippen LogP contribution in [0.5, 0.6) is 17.2 Å². The number of nitrogens with zero attached hydrogens (tertiary/aromatic N) is 3. The van der Waals surface area contributed by atoms with Gasteiger partial charge in [-0.1, -0.05) is 6.07 Å². The monoisotopic (exact) mass is 368 g/mol. The molecule has 8 nitrogen and oxygen atoms in total. The number of nitrogens with one attached hydrogen (secondary N) is 1. The minimum atomic E-state index is -0.311. The van der Waals surface area contributed by atoms with Crippen LogP contribution in [0, 0.1) is 6.92 Å². The van der Waals surface area contributed by atoms with Crippen LogP contribution in [-0.4, -0.2) is 41.5 Å². The summed E-state index contributed by atoms with van der Waals surface area (Å²) < 4.78 is 17.9. The summed E-state index contributed by atoms with van der Waals surface area (Å²) in [6.45, 7) is 1.81. The largest absolute Gasteiger partial charge is 0.497 e. The highest BCUT2D eigenvalue weighted by Gasteiger charge is 2.12. The Labute approximate surface area is 156 Å². The SMILES string of the molecule is COc1ccc(NC(=O)COc2ccc(C)cc2-n2cnnc2)c(OC)c1. The second kappa shape index (κ2) is 8.22. The van der Waals surface area contributed by atoms with Crippen molar-refractivity contribution in [1.82, 2.24) is 14.8 Å². The molecule has 3 aromatic rings. The Morgan fingerprint density at radius 2 is 1.81 bits per heavy atom. The van der Waals surface area contributed by atoms with Gasteiger partial charge in [0.05, 0.1) is 25.6 Å². The van der Waals surface area contributed by atoms with Crippen molar-refractivity contribution in [1.29, 1.82) is 0 Å². The van der Waals surface area contributed by atoms with Crippen LogP contribution in [0.3, 0.4) is 0 Å². The van der Waals surface area contributed by atoms with E-state index in [1.165, 1.54) is 7.11 Å². The Kier molecular flexibility index (Phi) is 5.55. The lowest BCUT2D eigenvalue weighted by atomic mass is 10.2. The summed E-state index contributed by atoms with van der Waals surface area (Å²) in [4.78, 5) is 12.3. The molecule has 0 radical (unpaired) electrons. The smallest absolute Gasteiger partial charge is 0.262 e. The number of ether oxygens (including phenoxy) is 3. The molecule has 0 saturated heterocycles. The van der Waals surface area contributed by atoms with E-state index in [2.05, 4.69) is 15.5 Å². The molecule has 27 heavy (non-hydrogen) atoms. The van der Waals surface area contributed by atoms with Crippen molar-refractivity contribution in [2.45, 2.75) is 6.92 Å². The van der Waals surface area contributed by atoms with Crippen molar-refractivity contribution in [3.05, 3.63) is 54.6 Å². The van der Waals surface area contributed by atoms with Gasteiger partial charge in [0, 0.05) is 6.07 Å². The number of carbonyl (C=O) groups excluding carboxylic acids is 1. The molecule has 2 aromatic carbocycles. The lowest BCUT2D eigenvalue weighted by Crippen LogP contribution is -2.21. The number of amides is 1. The van der Waals surface area contributed by atoms with E-state index in [1.54, 1.807) is 42.5 Å². The molecule has 1 aromatic heterocycles. The predicted octanol–water partition coefficient (Wildman–Crippen LogP) is 2.61. The van der Waals surface area contributed by atoms with Crippen molar-refractivity contribution in [3.63, 3.8) is 0 Å². The number of hydrogen-bond donors (Lipinski definition) is 1. The van der Waals surface area contributed by atoms with E-state index in [4.69, 9.17) is 14.2 Å². The van der Waals surface area contributed by atoms with Crippen molar-refractivity contribution < 1.29 is 19.0 Å². The number of benzene rings is 2. The fourth-order valence-electron chi connectivity index (χ4n) is 2.51. The van der Waals surface area contributed by atoms with Gasteiger partial charge in [-0.15, -0.1) is 10.2 Å². The molecule has 1 amide bonds. The van der Waals surface area contributed by atoms with E-state index in [0.29, 0.717) is 22.9 Å². The molecule has 1 heterocycles. The zero-order valence-corrected chi connectivity index (χ0v) is 15.3. The van der Waals surface area contributed by atoms with Gasteiger partial charge in [-0.25, -0.2) is 0 Å². The molecular formula is C19H20N4O4. The summed E-state index contributed by atoms with van der Waals surface area (Å²) in [5.41, 5.74) is 2.35. The summed E-state index contributed by atoms with van der Waals surface area (Å²) in [6.07, 6.45) is 3.15.